The zero-order chi connectivity index (χ0) is 17.5. The molecule has 124 valence electrons. The predicted octanol–water partition coefficient (Wildman–Crippen LogP) is 1.19. The molecule has 0 radical (unpaired) electrons. The van der Waals surface area contributed by atoms with Crippen molar-refractivity contribution < 1.29 is 19.8 Å². The van der Waals surface area contributed by atoms with Crippen molar-refractivity contribution in [3.8, 4) is 11.8 Å². The van der Waals surface area contributed by atoms with Crippen molar-refractivity contribution in [3.63, 3.8) is 0 Å². The highest BCUT2D eigenvalue weighted by atomic mass is 32.1. The molecule has 2 atom stereocenters. The highest BCUT2D eigenvalue weighted by molar-refractivity contribution is 7.10. The number of aliphatic hydroxyl groups is 2. The van der Waals surface area contributed by atoms with Gasteiger partial charge in [-0.25, -0.2) is 0 Å². The second-order valence-corrected chi connectivity index (χ2v) is 6.07. The maximum absolute atomic E-state index is 12.1. The fraction of sp³-hybridized carbons (Fsp3) is 0.222. The van der Waals surface area contributed by atoms with Crippen LogP contribution in [0.5, 0.6) is 0 Å². The number of nitrogens with one attached hydrogen (secondary N) is 1. The maximum Gasteiger partial charge on any atom is 0.251 e. The van der Waals surface area contributed by atoms with Crippen molar-refractivity contribution in [2.45, 2.75) is 19.1 Å². The first kappa shape index (κ1) is 17.9. The number of thiophene rings is 1. The lowest BCUT2D eigenvalue weighted by molar-refractivity contribution is -0.125. The number of carbonyl (C=O) groups is 2. The Hall–Kier alpha value is -2.46. The fourth-order valence-electron chi connectivity index (χ4n) is 1.98. The summed E-state index contributed by atoms with van der Waals surface area (Å²) in [6.07, 6.45) is -1.09. The van der Waals surface area contributed by atoms with E-state index in [1.54, 1.807) is 35.6 Å². The Bertz CT molecular complexity index is 755. The van der Waals surface area contributed by atoms with Crippen molar-refractivity contribution in [2.75, 3.05) is 6.61 Å². The third-order valence-electron chi connectivity index (χ3n) is 3.27. The summed E-state index contributed by atoms with van der Waals surface area (Å²) in [5.41, 5.74) is 1.10. The highest BCUT2D eigenvalue weighted by Crippen LogP contribution is 2.08. The molecule has 1 aromatic carbocycles. The van der Waals surface area contributed by atoms with Crippen molar-refractivity contribution in [3.05, 3.63) is 57.8 Å². The molecule has 3 N–H and O–H groups in total. The summed E-state index contributed by atoms with van der Waals surface area (Å²) in [4.78, 5) is 24.6. The quantitative estimate of drug-likeness (QED) is 0.712. The standard InChI is InChI=1S/C18H17NO4S/c1-12(21)17(16(22)11-20)19-18(23)14-7-4-13(5-8-14)6-9-15-3-2-10-24-15/h2-5,7-8,10,12,17,20-21H,11H2,1H3,(H,19,23)/t12-,17+/m1/s1. The van der Waals surface area contributed by atoms with Gasteiger partial charge in [-0.15, -0.1) is 11.3 Å². The average molecular weight is 343 g/mol. The van der Waals surface area contributed by atoms with Gasteiger partial charge in [0, 0.05) is 11.1 Å². The minimum atomic E-state index is -1.14. The van der Waals surface area contributed by atoms with Crippen molar-refractivity contribution in [2.24, 2.45) is 0 Å². The van der Waals surface area contributed by atoms with E-state index in [9.17, 15) is 14.7 Å². The molecule has 1 amide bonds. The number of ketones is 1. The van der Waals surface area contributed by atoms with E-state index in [0.29, 0.717) is 5.56 Å². The lowest BCUT2D eigenvalue weighted by atomic mass is 10.1. The normalized spacial score (nSPS) is 12.6. The molecule has 24 heavy (non-hydrogen) atoms. The summed E-state index contributed by atoms with van der Waals surface area (Å²) in [5, 5.41) is 22.8. The lowest BCUT2D eigenvalue weighted by Gasteiger charge is -2.19. The van der Waals surface area contributed by atoms with E-state index in [1.165, 1.54) is 6.92 Å². The summed E-state index contributed by atoms with van der Waals surface area (Å²) >= 11 is 1.55. The van der Waals surface area contributed by atoms with Gasteiger partial charge in [-0.05, 0) is 42.6 Å². The number of benzene rings is 1. The molecule has 0 fully saturated rings. The number of hydrogen-bond donors (Lipinski definition) is 3. The van der Waals surface area contributed by atoms with Gasteiger partial charge in [0.05, 0.1) is 11.0 Å². The van der Waals surface area contributed by atoms with Gasteiger partial charge in [-0.2, -0.15) is 0 Å². The van der Waals surface area contributed by atoms with Crippen LogP contribution in [0.3, 0.4) is 0 Å². The Labute approximate surface area is 144 Å². The van der Waals surface area contributed by atoms with E-state index >= 15 is 0 Å². The average Bonchev–Trinajstić information content (AvgIpc) is 3.10. The summed E-state index contributed by atoms with van der Waals surface area (Å²) < 4.78 is 0. The van der Waals surface area contributed by atoms with Gasteiger partial charge >= 0.3 is 0 Å². The van der Waals surface area contributed by atoms with Crippen LogP contribution in [0.2, 0.25) is 0 Å². The van der Waals surface area contributed by atoms with E-state index in [1.807, 2.05) is 17.5 Å². The predicted molar refractivity (Wildman–Crippen MR) is 91.8 cm³/mol. The molecule has 2 rings (SSSR count). The van der Waals surface area contributed by atoms with Crippen LogP contribution >= 0.6 is 11.3 Å². The lowest BCUT2D eigenvalue weighted by Crippen LogP contribution is -2.48. The second kappa shape index (κ2) is 8.41. The molecule has 2 aromatic rings. The number of amides is 1. The molecule has 1 aromatic heterocycles. The van der Waals surface area contributed by atoms with Gasteiger partial charge in [-0.1, -0.05) is 17.9 Å². The Morgan fingerprint density at radius 1 is 1.21 bits per heavy atom. The summed E-state index contributed by atoms with van der Waals surface area (Å²) in [5.74, 6) is 4.88. The Kier molecular flexibility index (Phi) is 6.27. The number of Topliss-reactive ketones (excluding diaryl/α,β-unsaturated/α-hetero) is 1. The molecule has 6 heteroatoms. The molecular formula is C18H17NO4S. The summed E-state index contributed by atoms with van der Waals surface area (Å²) in [6.45, 7) is 0.634. The SMILES string of the molecule is C[C@@H](O)[C@H](NC(=O)c1ccc(C#Cc2cccs2)cc1)C(=O)CO. The molecule has 0 spiro atoms. The molecule has 0 aliphatic carbocycles. The minimum Gasteiger partial charge on any atom is -0.391 e. The van der Waals surface area contributed by atoms with Crippen molar-refractivity contribution in [1.29, 1.82) is 0 Å². The van der Waals surface area contributed by atoms with Crippen LogP contribution in [0.15, 0.2) is 41.8 Å². The molecule has 0 unspecified atom stereocenters. The van der Waals surface area contributed by atoms with Gasteiger partial charge in [0.2, 0.25) is 0 Å². The first-order chi connectivity index (χ1) is 11.5. The van der Waals surface area contributed by atoms with Gasteiger partial charge in [0.15, 0.2) is 5.78 Å². The van der Waals surface area contributed by atoms with E-state index < -0.39 is 30.4 Å². The van der Waals surface area contributed by atoms with Gasteiger partial charge in [-0.3, -0.25) is 9.59 Å². The van der Waals surface area contributed by atoms with E-state index in [2.05, 4.69) is 17.2 Å². The first-order valence-corrected chi connectivity index (χ1v) is 8.17. The number of rotatable bonds is 5. The molecule has 0 saturated heterocycles. The largest absolute Gasteiger partial charge is 0.391 e. The molecular weight excluding hydrogens is 326 g/mol. The number of hydrogen-bond acceptors (Lipinski definition) is 5. The van der Waals surface area contributed by atoms with Crippen molar-refractivity contribution in [1.82, 2.24) is 5.32 Å². The monoisotopic (exact) mass is 343 g/mol. The third kappa shape index (κ3) is 4.77. The minimum absolute atomic E-state index is 0.341. The number of carbonyl (C=O) groups excluding carboxylic acids is 2. The first-order valence-electron chi connectivity index (χ1n) is 7.29. The molecule has 0 aliphatic rings. The van der Waals surface area contributed by atoms with Gasteiger partial charge in [0.25, 0.3) is 5.91 Å². The summed E-state index contributed by atoms with van der Waals surface area (Å²) in [6, 6.07) is 9.32. The Balaban J connectivity index is 2.06. The second-order valence-electron chi connectivity index (χ2n) is 5.12. The fourth-order valence-corrected chi connectivity index (χ4v) is 2.55. The highest BCUT2D eigenvalue weighted by Gasteiger charge is 2.25. The van der Waals surface area contributed by atoms with E-state index in [4.69, 9.17) is 5.11 Å². The zero-order valence-electron chi connectivity index (χ0n) is 13.0. The van der Waals surface area contributed by atoms with Crippen LogP contribution in [0.25, 0.3) is 0 Å². The molecule has 0 aliphatic heterocycles. The molecule has 1 heterocycles. The van der Waals surface area contributed by atoms with E-state index in [-0.39, 0.29) is 0 Å². The third-order valence-corrected chi connectivity index (χ3v) is 4.06. The molecule has 5 nitrogen and oxygen atoms in total. The number of aliphatic hydroxyl groups excluding tert-OH is 2. The molecule has 0 saturated carbocycles. The van der Waals surface area contributed by atoms with Crippen LogP contribution < -0.4 is 5.32 Å². The Morgan fingerprint density at radius 2 is 1.92 bits per heavy atom. The van der Waals surface area contributed by atoms with Crippen LogP contribution in [0.1, 0.15) is 27.7 Å². The van der Waals surface area contributed by atoms with E-state index in [0.717, 1.165) is 10.4 Å². The molecule has 0 bridgehead atoms. The summed E-state index contributed by atoms with van der Waals surface area (Å²) in [7, 11) is 0. The maximum atomic E-state index is 12.1. The van der Waals surface area contributed by atoms with Crippen LogP contribution in [-0.4, -0.2) is 40.7 Å². The van der Waals surface area contributed by atoms with Gasteiger partial charge in [0.1, 0.15) is 12.6 Å². The van der Waals surface area contributed by atoms with Crippen molar-refractivity contribution >= 4 is 23.0 Å². The van der Waals surface area contributed by atoms with Gasteiger partial charge < -0.3 is 15.5 Å². The Morgan fingerprint density at radius 3 is 2.46 bits per heavy atom. The van der Waals surface area contributed by atoms with Crippen LogP contribution in [-0.2, 0) is 4.79 Å². The topological polar surface area (TPSA) is 86.6 Å². The van der Waals surface area contributed by atoms with Crippen LogP contribution in [0.4, 0.5) is 0 Å². The van der Waals surface area contributed by atoms with Crippen LogP contribution in [0, 0.1) is 11.8 Å². The zero-order valence-corrected chi connectivity index (χ0v) is 13.8. The smallest absolute Gasteiger partial charge is 0.251 e.